The average molecular weight is 478 g/mol. The van der Waals surface area contributed by atoms with E-state index in [9.17, 15) is 4.79 Å². The summed E-state index contributed by atoms with van der Waals surface area (Å²) in [6.45, 7) is 0.337. The summed E-state index contributed by atoms with van der Waals surface area (Å²) in [6, 6.07) is 0.277. The van der Waals surface area contributed by atoms with Crippen molar-refractivity contribution in [1.82, 2.24) is 34.8 Å². The summed E-state index contributed by atoms with van der Waals surface area (Å²) in [7, 11) is 3.91. The maximum atomic E-state index is 13.1. The first kappa shape index (κ1) is 18.0. The molecule has 0 aromatic carbocycles. The van der Waals surface area contributed by atoms with Gasteiger partial charge < -0.3 is 9.99 Å². The van der Waals surface area contributed by atoms with E-state index in [-0.39, 0.29) is 11.6 Å². The Morgan fingerprint density at radius 2 is 2.21 bits per heavy atom. The number of aromatic nitrogens is 5. The Morgan fingerprint density at radius 1 is 1.36 bits per heavy atom. The highest BCUT2D eigenvalue weighted by molar-refractivity contribution is 9.11. The first-order valence-electron chi connectivity index (χ1n) is 8.60. The zero-order valence-electron chi connectivity index (χ0n) is 15.1. The zero-order valence-corrected chi connectivity index (χ0v) is 18.3. The van der Waals surface area contributed by atoms with Gasteiger partial charge in [-0.3, -0.25) is 4.79 Å². The molecule has 0 radical (unpaired) electrons. The van der Waals surface area contributed by atoms with Crippen LogP contribution < -0.4 is 11.0 Å². The van der Waals surface area contributed by atoms with E-state index >= 15 is 0 Å². The lowest BCUT2D eigenvalue weighted by Gasteiger charge is -2.17. The first-order valence-corrected chi connectivity index (χ1v) is 11.1. The highest BCUT2D eigenvalue weighted by Gasteiger charge is 2.22. The van der Waals surface area contributed by atoms with Gasteiger partial charge in [0.05, 0.1) is 43.5 Å². The van der Waals surface area contributed by atoms with Gasteiger partial charge in [0.1, 0.15) is 5.52 Å². The molecule has 4 aromatic heterocycles. The van der Waals surface area contributed by atoms with Crippen LogP contribution in [0, 0.1) is 0 Å². The molecule has 11 heteroatoms. The summed E-state index contributed by atoms with van der Waals surface area (Å²) in [5.74, 6) is 0. The van der Waals surface area contributed by atoms with Crippen LogP contribution in [0.2, 0.25) is 0 Å². The summed E-state index contributed by atoms with van der Waals surface area (Å²) < 4.78 is 5.27. The van der Waals surface area contributed by atoms with E-state index in [4.69, 9.17) is 4.98 Å². The van der Waals surface area contributed by atoms with E-state index in [0.29, 0.717) is 12.1 Å². The Labute approximate surface area is 176 Å². The largest absolute Gasteiger partial charge is 0.326 e. The zero-order chi connectivity index (χ0) is 19.4. The maximum absolute atomic E-state index is 13.1. The van der Waals surface area contributed by atoms with Gasteiger partial charge in [-0.15, -0.1) is 22.7 Å². The monoisotopic (exact) mass is 477 g/mol. The maximum Gasteiger partial charge on any atom is 0.291 e. The van der Waals surface area contributed by atoms with E-state index in [2.05, 4.69) is 42.5 Å². The van der Waals surface area contributed by atoms with Crippen LogP contribution in [-0.2, 0) is 20.0 Å². The smallest absolute Gasteiger partial charge is 0.291 e. The molecule has 0 fully saturated rings. The van der Waals surface area contributed by atoms with E-state index in [1.807, 2.05) is 24.9 Å². The quantitative estimate of drug-likeness (QED) is 0.486. The van der Waals surface area contributed by atoms with Crippen LogP contribution in [0.1, 0.15) is 10.7 Å². The summed E-state index contributed by atoms with van der Waals surface area (Å²) in [5.41, 5.74) is 7.04. The average Bonchev–Trinajstić information content (AvgIpc) is 3.41. The molecule has 0 spiro atoms. The van der Waals surface area contributed by atoms with Gasteiger partial charge in [0, 0.05) is 32.1 Å². The number of rotatable bonds is 4. The van der Waals surface area contributed by atoms with Crippen LogP contribution in [0.3, 0.4) is 0 Å². The van der Waals surface area contributed by atoms with Crippen molar-refractivity contribution in [3.63, 3.8) is 0 Å². The third kappa shape index (κ3) is 2.81. The topological polar surface area (TPSA) is 80.9 Å². The fourth-order valence-electron chi connectivity index (χ4n) is 3.41. The molecule has 4 aromatic rings. The second-order valence-electron chi connectivity index (χ2n) is 6.63. The lowest BCUT2D eigenvalue weighted by atomic mass is 10.2. The van der Waals surface area contributed by atoms with Crippen molar-refractivity contribution >= 4 is 59.9 Å². The van der Waals surface area contributed by atoms with Gasteiger partial charge in [-0.25, -0.2) is 19.7 Å². The second-order valence-corrected chi connectivity index (χ2v) is 9.89. The molecule has 1 atom stereocenters. The molecule has 0 saturated heterocycles. The Kier molecular flexibility index (Phi) is 4.34. The molecule has 0 saturated carbocycles. The van der Waals surface area contributed by atoms with Crippen LogP contribution in [0.5, 0.6) is 0 Å². The number of halogens is 1. The van der Waals surface area contributed by atoms with Gasteiger partial charge in [0.2, 0.25) is 0 Å². The minimum atomic E-state index is -0.130. The normalized spacial score (nSPS) is 17.2. The molecule has 1 aliphatic rings. The highest BCUT2D eigenvalue weighted by atomic mass is 79.9. The van der Waals surface area contributed by atoms with Crippen LogP contribution in [-0.4, -0.2) is 42.4 Å². The fourth-order valence-corrected chi connectivity index (χ4v) is 5.57. The molecule has 5 heterocycles. The van der Waals surface area contributed by atoms with Crippen LogP contribution in [0.25, 0.3) is 21.3 Å². The first-order chi connectivity index (χ1) is 13.5. The number of nitrogens with zero attached hydrogens (tertiary/aromatic N) is 6. The molecule has 144 valence electrons. The van der Waals surface area contributed by atoms with Crippen molar-refractivity contribution in [2.24, 2.45) is 7.05 Å². The Hall–Kier alpha value is -2.08. The molecule has 1 N–H and O–H groups in total. The minimum Gasteiger partial charge on any atom is -0.326 e. The SMILES string of the molecule is CN1NC=CC1Cc1nc2c(s1)c1cnn(Cc3ncsc3Br)c(=O)c1n2C. The second kappa shape index (κ2) is 6.76. The minimum absolute atomic E-state index is 0.130. The van der Waals surface area contributed by atoms with Crippen LogP contribution >= 0.6 is 38.6 Å². The van der Waals surface area contributed by atoms with E-state index in [1.165, 1.54) is 16.0 Å². The van der Waals surface area contributed by atoms with Crippen LogP contribution in [0.4, 0.5) is 0 Å². The third-order valence-corrected chi connectivity index (χ3v) is 7.71. The number of hydrogen-bond acceptors (Lipinski definition) is 8. The summed E-state index contributed by atoms with van der Waals surface area (Å²) in [6.07, 6.45) is 6.66. The number of likely N-dealkylation sites (N-methyl/N-ethyl adjacent to an activating group) is 1. The van der Waals surface area contributed by atoms with Crippen molar-refractivity contribution in [2.45, 2.75) is 19.0 Å². The van der Waals surface area contributed by atoms with E-state index in [0.717, 1.165) is 36.6 Å². The number of hydrogen-bond donors (Lipinski definition) is 1. The molecule has 28 heavy (non-hydrogen) atoms. The van der Waals surface area contributed by atoms with Gasteiger partial charge in [-0.05, 0) is 22.0 Å². The van der Waals surface area contributed by atoms with Gasteiger partial charge in [-0.1, -0.05) is 0 Å². The van der Waals surface area contributed by atoms with Crippen molar-refractivity contribution in [2.75, 3.05) is 7.05 Å². The fraction of sp³-hybridized carbons (Fsp3) is 0.294. The number of nitrogens with one attached hydrogen (secondary N) is 1. The molecule has 5 rings (SSSR count). The Balaban J connectivity index is 1.56. The molecular formula is C17H16BrN7OS2. The summed E-state index contributed by atoms with van der Waals surface area (Å²) in [4.78, 5) is 22.2. The van der Waals surface area contributed by atoms with Crippen LogP contribution in [0.15, 0.2) is 32.6 Å². The van der Waals surface area contributed by atoms with Crippen molar-refractivity contribution in [1.29, 1.82) is 0 Å². The predicted octanol–water partition coefficient (Wildman–Crippen LogP) is 2.49. The lowest BCUT2D eigenvalue weighted by Crippen LogP contribution is -2.34. The van der Waals surface area contributed by atoms with E-state index in [1.54, 1.807) is 23.0 Å². The van der Waals surface area contributed by atoms with Gasteiger partial charge in [-0.2, -0.15) is 5.10 Å². The molecule has 1 aliphatic heterocycles. The number of thiazole rings is 2. The molecule has 0 aliphatic carbocycles. The molecule has 0 amide bonds. The van der Waals surface area contributed by atoms with Gasteiger partial charge >= 0.3 is 0 Å². The predicted molar refractivity (Wildman–Crippen MR) is 115 cm³/mol. The lowest BCUT2D eigenvalue weighted by molar-refractivity contribution is 0.252. The Bertz CT molecular complexity index is 1280. The van der Waals surface area contributed by atoms with Gasteiger partial charge in [0.25, 0.3) is 5.56 Å². The number of hydrazine groups is 1. The number of fused-ring (bicyclic) bond motifs is 3. The van der Waals surface area contributed by atoms with Gasteiger partial charge in [0.15, 0.2) is 5.65 Å². The molecule has 8 nitrogen and oxygen atoms in total. The third-order valence-electron chi connectivity index (χ3n) is 4.94. The standard InChI is InChI=1S/C17H16BrN7OS2/c1-23-13-10(6-21-25(17(13)26)7-11-15(18)27-8-19-11)14-16(23)22-12(28-14)5-9-3-4-20-24(9)2/h3-4,6,8-9,20H,5,7H2,1-2H3. The van der Waals surface area contributed by atoms with Crippen molar-refractivity contribution < 1.29 is 0 Å². The Morgan fingerprint density at radius 3 is 2.93 bits per heavy atom. The molecule has 1 unspecified atom stereocenters. The molecule has 0 bridgehead atoms. The summed E-state index contributed by atoms with van der Waals surface area (Å²) in [5, 5.41) is 8.35. The number of aryl methyl sites for hydroxylation is 1. The van der Waals surface area contributed by atoms with Crippen molar-refractivity contribution in [3.05, 3.63) is 48.8 Å². The van der Waals surface area contributed by atoms with E-state index < -0.39 is 0 Å². The summed E-state index contributed by atoms with van der Waals surface area (Å²) >= 11 is 6.59. The highest BCUT2D eigenvalue weighted by Crippen LogP contribution is 2.32. The van der Waals surface area contributed by atoms with Crippen molar-refractivity contribution in [3.8, 4) is 0 Å². The molecular weight excluding hydrogens is 462 g/mol.